The largest absolute Gasteiger partial charge is 0.444 e. The maximum atomic E-state index is 12.2. The van der Waals surface area contributed by atoms with Gasteiger partial charge in [-0.15, -0.1) is 0 Å². The van der Waals surface area contributed by atoms with Crippen molar-refractivity contribution in [3.8, 4) is 0 Å². The van der Waals surface area contributed by atoms with Gasteiger partial charge in [-0.05, 0) is 45.4 Å². The zero-order chi connectivity index (χ0) is 14.3. The van der Waals surface area contributed by atoms with Crippen molar-refractivity contribution in [2.24, 2.45) is 11.3 Å². The second-order valence-corrected chi connectivity index (χ2v) is 7.06. The van der Waals surface area contributed by atoms with Crippen molar-refractivity contribution in [2.45, 2.75) is 59.0 Å². The summed E-state index contributed by atoms with van der Waals surface area (Å²) in [5.74, 6) is 0.434. The zero-order valence-corrected chi connectivity index (χ0v) is 12.5. The highest BCUT2D eigenvalue weighted by molar-refractivity contribution is 5.84. The summed E-state index contributed by atoms with van der Waals surface area (Å²) in [7, 11) is 0. The molecule has 1 aliphatic heterocycles. The van der Waals surface area contributed by atoms with Gasteiger partial charge in [0.1, 0.15) is 11.4 Å². The normalized spacial score (nSPS) is 31.9. The number of rotatable bonds is 0. The highest BCUT2D eigenvalue weighted by Crippen LogP contribution is 2.47. The van der Waals surface area contributed by atoms with Gasteiger partial charge < -0.3 is 9.64 Å². The Bertz CT molecular complexity index is 385. The summed E-state index contributed by atoms with van der Waals surface area (Å²) in [5, 5.41) is 0. The molecular formula is C15H25NO3. The lowest BCUT2D eigenvalue weighted by Crippen LogP contribution is -2.49. The number of piperidine rings is 1. The minimum atomic E-state index is -0.460. The third-order valence-corrected chi connectivity index (χ3v) is 4.53. The van der Waals surface area contributed by atoms with Crippen LogP contribution in [0.5, 0.6) is 0 Å². The van der Waals surface area contributed by atoms with Gasteiger partial charge in [-0.3, -0.25) is 4.79 Å². The van der Waals surface area contributed by atoms with Crippen LogP contribution in [-0.2, 0) is 9.53 Å². The second-order valence-electron chi connectivity index (χ2n) is 7.06. The lowest BCUT2D eigenvalue weighted by Gasteiger charge is -2.42. The van der Waals surface area contributed by atoms with E-state index in [0.717, 1.165) is 25.8 Å². The van der Waals surface area contributed by atoms with Gasteiger partial charge in [-0.2, -0.15) is 0 Å². The van der Waals surface area contributed by atoms with Gasteiger partial charge in [-0.1, -0.05) is 6.92 Å². The average Bonchev–Trinajstić information content (AvgIpc) is 2.56. The number of Topliss-reactive ketones (excluding diaryl/α,β-unsaturated/α-hetero) is 1. The topological polar surface area (TPSA) is 46.6 Å². The minimum Gasteiger partial charge on any atom is -0.444 e. The summed E-state index contributed by atoms with van der Waals surface area (Å²) in [4.78, 5) is 25.8. The Kier molecular flexibility index (Phi) is 3.63. The fourth-order valence-corrected chi connectivity index (χ4v) is 3.35. The van der Waals surface area contributed by atoms with Gasteiger partial charge in [0.05, 0.1) is 0 Å². The molecule has 1 spiro atoms. The van der Waals surface area contributed by atoms with Crippen LogP contribution >= 0.6 is 0 Å². The van der Waals surface area contributed by atoms with Crippen molar-refractivity contribution >= 4 is 11.9 Å². The van der Waals surface area contributed by atoms with E-state index in [0.29, 0.717) is 18.7 Å². The van der Waals surface area contributed by atoms with Crippen LogP contribution in [0.15, 0.2) is 0 Å². The van der Waals surface area contributed by atoms with Crippen LogP contribution in [0, 0.1) is 11.3 Å². The van der Waals surface area contributed by atoms with E-state index in [1.54, 1.807) is 4.90 Å². The molecule has 4 heteroatoms. The number of carbonyl (C=O) groups is 2. The van der Waals surface area contributed by atoms with Crippen LogP contribution in [-0.4, -0.2) is 35.5 Å². The fourth-order valence-electron chi connectivity index (χ4n) is 3.35. The first kappa shape index (κ1) is 14.4. The third kappa shape index (κ3) is 2.93. The van der Waals surface area contributed by atoms with Gasteiger partial charge in [0.2, 0.25) is 0 Å². The Morgan fingerprint density at radius 2 is 2.05 bits per heavy atom. The SMILES string of the molecule is CC1C(=O)CCC12CCCN(C(=O)OC(C)(C)C)C2. The molecule has 2 atom stereocenters. The average molecular weight is 267 g/mol. The van der Waals surface area contributed by atoms with E-state index in [4.69, 9.17) is 4.74 Å². The number of ketones is 1. The molecule has 0 radical (unpaired) electrons. The van der Waals surface area contributed by atoms with E-state index in [9.17, 15) is 9.59 Å². The Morgan fingerprint density at radius 1 is 1.37 bits per heavy atom. The quantitative estimate of drug-likeness (QED) is 0.678. The van der Waals surface area contributed by atoms with Crippen LogP contribution in [0.3, 0.4) is 0 Å². The fraction of sp³-hybridized carbons (Fsp3) is 0.867. The summed E-state index contributed by atoms with van der Waals surface area (Å²) in [6.07, 6.45) is 3.38. The van der Waals surface area contributed by atoms with Gasteiger partial charge in [0.25, 0.3) is 0 Å². The number of carbonyl (C=O) groups excluding carboxylic acids is 2. The molecule has 0 N–H and O–H groups in total. The number of hydrogen-bond acceptors (Lipinski definition) is 3. The lowest BCUT2D eigenvalue weighted by molar-refractivity contribution is -0.122. The number of ether oxygens (including phenoxy) is 1. The van der Waals surface area contributed by atoms with E-state index >= 15 is 0 Å². The minimum absolute atomic E-state index is 0.00619. The monoisotopic (exact) mass is 267 g/mol. The second kappa shape index (κ2) is 4.80. The van der Waals surface area contributed by atoms with E-state index < -0.39 is 5.60 Å². The lowest BCUT2D eigenvalue weighted by atomic mass is 9.72. The summed E-state index contributed by atoms with van der Waals surface area (Å²) < 4.78 is 5.44. The highest BCUT2D eigenvalue weighted by atomic mass is 16.6. The van der Waals surface area contributed by atoms with E-state index in [-0.39, 0.29) is 17.4 Å². The molecule has 4 nitrogen and oxygen atoms in total. The molecule has 1 amide bonds. The summed E-state index contributed by atoms with van der Waals surface area (Å²) in [6.45, 7) is 9.09. The molecule has 2 fully saturated rings. The maximum Gasteiger partial charge on any atom is 0.410 e. The van der Waals surface area contributed by atoms with Gasteiger partial charge in [-0.25, -0.2) is 4.79 Å². The Labute approximate surface area is 115 Å². The Hall–Kier alpha value is -1.06. The molecule has 0 aromatic heterocycles. The Morgan fingerprint density at radius 3 is 2.58 bits per heavy atom. The molecule has 0 bridgehead atoms. The number of amides is 1. The molecule has 19 heavy (non-hydrogen) atoms. The van der Waals surface area contributed by atoms with Crippen molar-refractivity contribution in [3.05, 3.63) is 0 Å². The molecule has 0 aromatic rings. The maximum absolute atomic E-state index is 12.2. The van der Waals surface area contributed by atoms with Gasteiger partial charge in [0, 0.05) is 25.4 Å². The summed E-state index contributed by atoms with van der Waals surface area (Å²) in [5.41, 5.74) is -0.453. The van der Waals surface area contributed by atoms with Crippen LogP contribution in [0.25, 0.3) is 0 Å². The highest BCUT2D eigenvalue weighted by Gasteiger charge is 2.48. The predicted molar refractivity (Wildman–Crippen MR) is 72.9 cm³/mol. The van der Waals surface area contributed by atoms with Gasteiger partial charge in [0.15, 0.2) is 0 Å². The molecular weight excluding hydrogens is 242 g/mol. The number of hydrogen-bond donors (Lipinski definition) is 0. The van der Waals surface area contributed by atoms with Crippen LogP contribution in [0.1, 0.15) is 53.4 Å². The standard InChI is InChI=1S/C15H25NO3/c1-11-12(17)6-8-15(11)7-5-9-16(10-15)13(18)19-14(2,3)4/h11H,5-10H2,1-4H3. The Balaban J connectivity index is 2.05. The van der Waals surface area contributed by atoms with Crippen LogP contribution in [0.2, 0.25) is 0 Å². The number of nitrogens with zero attached hydrogens (tertiary/aromatic N) is 1. The van der Waals surface area contributed by atoms with Gasteiger partial charge >= 0.3 is 6.09 Å². The van der Waals surface area contributed by atoms with E-state index in [1.807, 2.05) is 27.7 Å². The zero-order valence-electron chi connectivity index (χ0n) is 12.5. The number of likely N-dealkylation sites (tertiary alicyclic amines) is 1. The van der Waals surface area contributed by atoms with Crippen molar-refractivity contribution in [3.63, 3.8) is 0 Å². The molecule has 2 aliphatic rings. The first-order chi connectivity index (χ1) is 8.73. The van der Waals surface area contributed by atoms with Crippen molar-refractivity contribution in [1.82, 2.24) is 4.90 Å². The molecule has 1 heterocycles. The first-order valence-electron chi connectivity index (χ1n) is 7.24. The molecule has 108 valence electrons. The van der Waals surface area contributed by atoms with E-state index in [1.165, 1.54) is 0 Å². The first-order valence-corrected chi connectivity index (χ1v) is 7.24. The third-order valence-electron chi connectivity index (χ3n) is 4.53. The smallest absolute Gasteiger partial charge is 0.410 e. The summed E-state index contributed by atoms with van der Waals surface area (Å²) in [6, 6.07) is 0. The molecule has 1 saturated carbocycles. The van der Waals surface area contributed by atoms with Crippen molar-refractivity contribution in [1.29, 1.82) is 0 Å². The summed E-state index contributed by atoms with van der Waals surface area (Å²) >= 11 is 0. The molecule has 0 aromatic carbocycles. The molecule has 1 saturated heterocycles. The van der Waals surface area contributed by atoms with Crippen molar-refractivity contribution < 1.29 is 14.3 Å². The molecule has 2 rings (SSSR count). The molecule has 1 aliphatic carbocycles. The van der Waals surface area contributed by atoms with Crippen LogP contribution in [0.4, 0.5) is 4.79 Å². The molecule has 2 unspecified atom stereocenters. The predicted octanol–water partition coefficient (Wildman–Crippen LogP) is 3.00. The van der Waals surface area contributed by atoms with Crippen molar-refractivity contribution in [2.75, 3.05) is 13.1 Å². The van der Waals surface area contributed by atoms with Crippen LogP contribution < -0.4 is 0 Å². The van der Waals surface area contributed by atoms with E-state index in [2.05, 4.69) is 0 Å².